The molecule has 0 amide bonds. The second-order valence-electron chi connectivity index (χ2n) is 10.9. The maximum absolute atomic E-state index is 2.40. The van der Waals surface area contributed by atoms with Crippen molar-refractivity contribution in [3.63, 3.8) is 0 Å². The van der Waals surface area contributed by atoms with E-state index in [9.17, 15) is 0 Å². The van der Waals surface area contributed by atoms with E-state index < -0.39 is 0 Å². The van der Waals surface area contributed by atoms with Gasteiger partial charge in [-0.15, -0.1) is 0 Å². The van der Waals surface area contributed by atoms with Crippen LogP contribution in [0.2, 0.25) is 0 Å². The summed E-state index contributed by atoms with van der Waals surface area (Å²) in [7, 11) is 0. The SMILES string of the molecule is c1ccc(-c2ccc3c(-c4ccc5ccccc5c4)c4ccccc4c(-c4ccccc4-c4ccccc4)c3c2)cc1. The van der Waals surface area contributed by atoms with E-state index in [2.05, 4.69) is 170 Å². The topological polar surface area (TPSA) is 0 Å². The van der Waals surface area contributed by atoms with Crippen molar-refractivity contribution in [1.82, 2.24) is 0 Å². The number of fused-ring (bicyclic) bond motifs is 3. The minimum atomic E-state index is 1.22. The molecule has 0 heterocycles. The second kappa shape index (κ2) is 10.2. The molecule has 0 atom stereocenters. The summed E-state index contributed by atoms with van der Waals surface area (Å²) in [5.41, 5.74) is 9.97. The monoisotopic (exact) mass is 532 g/mol. The molecule has 8 aromatic carbocycles. The molecule has 8 aromatic rings. The predicted octanol–water partition coefficient (Wildman–Crippen LogP) is 11.8. The van der Waals surface area contributed by atoms with Crippen molar-refractivity contribution in [3.8, 4) is 44.5 Å². The summed E-state index contributed by atoms with van der Waals surface area (Å²) < 4.78 is 0. The lowest BCUT2D eigenvalue weighted by molar-refractivity contribution is 1.60. The lowest BCUT2D eigenvalue weighted by Gasteiger charge is -2.20. The highest BCUT2D eigenvalue weighted by atomic mass is 14.2. The van der Waals surface area contributed by atoms with Crippen LogP contribution in [0.5, 0.6) is 0 Å². The summed E-state index contributed by atoms with van der Waals surface area (Å²) in [5, 5.41) is 7.58. The normalized spacial score (nSPS) is 11.3. The van der Waals surface area contributed by atoms with Crippen LogP contribution in [0.25, 0.3) is 76.8 Å². The first kappa shape index (κ1) is 24.3. The van der Waals surface area contributed by atoms with Crippen molar-refractivity contribution in [2.75, 3.05) is 0 Å². The maximum atomic E-state index is 2.40. The molecule has 0 saturated carbocycles. The average molecular weight is 533 g/mol. The van der Waals surface area contributed by atoms with Gasteiger partial charge < -0.3 is 0 Å². The molecule has 0 N–H and O–H groups in total. The van der Waals surface area contributed by atoms with Crippen molar-refractivity contribution in [2.45, 2.75) is 0 Å². The van der Waals surface area contributed by atoms with Gasteiger partial charge in [-0.25, -0.2) is 0 Å². The van der Waals surface area contributed by atoms with E-state index in [1.54, 1.807) is 0 Å². The van der Waals surface area contributed by atoms with Crippen molar-refractivity contribution in [3.05, 3.63) is 170 Å². The molecule has 0 spiro atoms. The smallest absolute Gasteiger partial charge is 0.00199 e. The molecule has 0 aliphatic heterocycles. The predicted molar refractivity (Wildman–Crippen MR) is 181 cm³/mol. The Morgan fingerprint density at radius 3 is 1.55 bits per heavy atom. The van der Waals surface area contributed by atoms with Gasteiger partial charge in [-0.05, 0) is 89.0 Å². The van der Waals surface area contributed by atoms with Gasteiger partial charge in [0.2, 0.25) is 0 Å². The number of hydrogen-bond donors (Lipinski definition) is 0. The maximum Gasteiger partial charge on any atom is -0.00199 e. The molecular weight excluding hydrogens is 504 g/mol. The highest BCUT2D eigenvalue weighted by molar-refractivity contribution is 6.23. The summed E-state index contributed by atoms with van der Waals surface area (Å²) in [6.45, 7) is 0. The van der Waals surface area contributed by atoms with Crippen LogP contribution in [-0.2, 0) is 0 Å². The molecule has 0 heteroatoms. The Morgan fingerprint density at radius 2 is 0.786 bits per heavy atom. The number of rotatable bonds is 4. The first-order valence-corrected chi connectivity index (χ1v) is 14.5. The van der Waals surface area contributed by atoms with Crippen LogP contribution in [0.15, 0.2) is 170 Å². The molecule has 0 bridgehead atoms. The van der Waals surface area contributed by atoms with Gasteiger partial charge >= 0.3 is 0 Å². The van der Waals surface area contributed by atoms with E-state index in [-0.39, 0.29) is 0 Å². The van der Waals surface area contributed by atoms with Gasteiger partial charge in [0.15, 0.2) is 0 Å². The summed E-state index contributed by atoms with van der Waals surface area (Å²) >= 11 is 0. The van der Waals surface area contributed by atoms with Crippen LogP contribution >= 0.6 is 0 Å². The molecule has 0 nitrogen and oxygen atoms in total. The highest BCUT2D eigenvalue weighted by Gasteiger charge is 2.19. The largest absolute Gasteiger partial charge is 0.0622 e. The van der Waals surface area contributed by atoms with Crippen LogP contribution in [-0.4, -0.2) is 0 Å². The molecule has 0 radical (unpaired) electrons. The summed E-state index contributed by atoms with van der Waals surface area (Å²) in [6.07, 6.45) is 0. The van der Waals surface area contributed by atoms with Gasteiger partial charge in [-0.2, -0.15) is 0 Å². The third-order valence-electron chi connectivity index (χ3n) is 8.45. The van der Waals surface area contributed by atoms with Gasteiger partial charge in [0, 0.05) is 0 Å². The van der Waals surface area contributed by atoms with Gasteiger partial charge in [0.05, 0.1) is 0 Å². The van der Waals surface area contributed by atoms with E-state index >= 15 is 0 Å². The van der Waals surface area contributed by atoms with E-state index in [1.165, 1.54) is 76.8 Å². The molecule has 0 saturated heterocycles. The molecule has 0 unspecified atom stereocenters. The Kier molecular flexibility index (Phi) is 5.90. The minimum absolute atomic E-state index is 1.22. The minimum Gasteiger partial charge on any atom is -0.0622 e. The highest BCUT2D eigenvalue weighted by Crippen LogP contribution is 2.47. The lowest BCUT2D eigenvalue weighted by atomic mass is 9.82. The zero-order valence-electron chi connectivity index (χ0n) is 23.2. The van der Waals surface area contributed by atoms with Crippen LogP contribution in [0, 0.1) is 0 Å². The van der Waals surface area contributed by atoms with E-state index in [0.717, 1.165) is 0 Å². The average Bonchev–Trinajstić information content (AvgIpc) is 3.07. The molecular formula is C42H28. The van der Waals surface area contributed by atoms with Crippen LogP contribution in [0.1, 0.15) is 0 Å². The Labute approximate surface area is 246 Å². The molecule has 0 fully saturated rings. The fraction of sp³-hybridized carbons (Fsp3) is 0. The van der Waals surface area contributed by atoms with Crippen molar-refractivity contribution in [2.24, 2.45) is 0 Å². The van der Waals surface area contributed by atoms with E-state index in [4.69, 9.17) is 0 Å². The van der Waals surface area contributed by atoms with Gasteiger partial charge in [0.25, 0.3) is 0 Å². The molecule has 0 aliphatic rings. The van der Waals surface area contributed by atoms with Crippen LogP contribution < -0.4 is 0 Å². The first-order valence-electron chi connectivity index (χ1n) is 14.5. The summed E-state index contributed by atoms with van der Waals surface area (Å²) in [6, 6.07) is 61.8. The van der Waals surface area contributed by atoms with Crippen LogP contribution in [0.4, 0.5) is 0 Å². The standard InChI is InChI=1S/C42H28/c1-3-13-29(14-4-1)33-25-26-39-40(28-33)42(36-20-10-9-19-35(36)31-16-5-2-6-17-31)38-22-12-11-21-37(38)41(39)34-24-23-30-15-7-8-18-32(30)27-34/h1-28H. The van der Waals surface area contributed by atoms with Gasteiger partial charge in [-0.1, -0.05) is 158 Å². The molecule has 0 aliphatic carbocycles. The Hall–Kier alpha value is -5.46. The lowest BCUT2D eigenvalue weighted by Crippen LogP contribution is -1.93. The summed E-state index contributed by atoms with van der Waals surface area (Å²) in [4.78, 5) is 0. The van der Waals surface area contributed by atoms with E-state index in [0.29, 0.717) is 0 Å². The number of benzene rings is 8. The molecule has 42 heavy (non-hydrogen) atoms. The van der Waals surface area contributed by atoms with Crippen molar-refractivity contribution in [1.29, 1.82) is 0 Å². The first-order chi connectivity index (χ1) is 20.8. The van der Waals surface area contributed by atoms with Gasteiger partial charge in [0.1, 0.15) is 0 Å². The fourth-order valence-electron chi connectivity index (χ4n) is 6.51. The Balaban J connectivity index is 1.52. The van der Waals surface area contributed by atoms with Gasteiger partial charge in [-0.3, -0.25) is 0 Å². The van der Waals surface area contributed by atoms with Crippen molar-refractivity contribution >= 4 is 32.3 Å². The zero-order valence-corrected chi connectivity index (χ0v) is 23.2. The zero-order chi connectivity index (χ0) is 27.9. The number of hydrogen-bond acceptors (Lipinski definition) is 0. The van der Waals surface area contributed by atoms with E-state index in [1.807, 2.05) is 0 Å². The Morgan fingerprint density at radius 1 is 0.238 bits per heavy atom. The van der Waals surface area contributed by atoms with Crippen LogP contribution in [0.3, 0.4) is 0 Å². The van der Waals surface area contributed by atoms with Crippen molar-refractivity contribution < 1.29 is 0 Å². The third kappa shape index (κ3) is 4.08. The second-order valence-corrected chi connectivity index (χ2v) is 10.9. The molecule has 196 valence electrons. The quantitative estimate of drug-likeness (QED) is 0.198. The third-order valence-corrected chi connectivity index (χ3v) is 8.45. The Bertz CT molecular complexity index is 2220. The fourth-order valence-corrected chi connectivity index (χ4v) is 6.51. The molecule has 0 aromatic heterocycles. The summed E-state index contributed by atoms with van der Waals surface area (Å²) in [5.74, 6) is 0. The molecule has 8 rings (SSSR count).